The number of aromatic hydroxyl groups is 1. The zero-order valence-corrected chi connectivity index (χ0v) is 15.4. The van der Waals surface area contributed by atoms with Gasteiger partial charge in [0, 0.05) is 6.42 Å². The largest absolute Gasteiger partial charge is 0.497 e. The highest BCUT2D eigenvalue weighted by atomic mass is 19.4. The summed E-state index contributed by atoms with van der Waals surface area (Å²) in [5.74, 6) is 1.02. The van der Waals surface area contributed by atoms with Crippen molar-refractivity contribution in [1.29, 1.82) is 0 Å². The van der Waals surface area contributed by atoms with Crippen LogP contribution in [0.2, 0.25) is 0 Å². The van der Waals surface area contributed by atoms with E-state index in [0.717, 1.165) is 4.68 Å². The molecule has 29 heavy (non-hydrogen) atoms. The highest BCUT2D eigenvalue weighted by Gasteiger charge is 2.39. The van der Waals surface area contributed by atoms with E-state index in [4.69, 9.17) is 14.2 Å². The molecule has 2 heterocycles. The van der Waals surface area contributed by atoms with Crippen molar-refractivity contribution < 1.29 is 32.5 Å². The number of benzene rings is 2. The van der Waals surface area contributed by atoms with Crippen LogP contribution >= 0.6 is 0 Å². The number of methoxy groups -OCH3 is 1. The summed E-state index contributed by atoms with van der Waals surface area (Å²) in [7, 11) is 1.50. The Hall–Kier alpha value is -3.36. The highest BCUT2D eigenvalue weighted by Crippen LogP contribution is 2.38. The molecule has 2 aromatic carbocycles. The molecular formula is C20H17F3N2O4. The average molecular weight is 406 g/mol. The Morgan fingerprint density at radius 2 is 1.90 bits per heavy atom. The van der Waals surface area contributed by atoms with Crippen molar-refractivity contribution in [2.24, 2.45) is 0 Å². The number of alkyl halides is 3. The quantitative estimate of drug-likeness (QED) is 0.694. The van der Waals surface area contributed by atoms with Gasteiger partial charge in [-0.3, -0.25) is 0 Å². The lowest BCUT2D eigenvalue weighted by molar-refractivity contribution is -0.142. The molecule has 1 aliphatic heterocycles. The molecule has 3 aromatic rings. The summed E-state index contributed by atoms with van der Waals surface area (Å²) in [4.78, 5) is 0. The number of hydrogen-bond donors (Lipinski definition) is 1. The molecule has 1 N–H and O–H groups in total. The van der Waals surface area contributed by atoms with E-state index in [9.17, 15) is 18.3 Å². The third-order valence-corrected chi connectivity index (χ3v) is 4.57. The van der Waals surface area contributed by atoms with Gasteiger partial charge in [0.05, 0.1) is 19.2 Å². The van der Waals surface area contributed by atoms with E-state index in [0.29, 0.717) is 28.4 Å². The molecule has 6 nitrogen and oxygen atoms in total. The molecule has 0 aliphatic carbocycles. The number of aromatic nitrogens is 2. The highest BCUT2D eigenvalue weighted by molar-refractivity contribution is 5.47. The van der Waals surface area contributed by atoms with E-state index in [1.807, 2.05) is 0 Å². The fourth-order valence-corrected chi connectivity index (χ4v) is 3.19. The molecule has 0 saturated carbocycles. The summed E-state index contributed by atoms with van der Waals surface area (Å²) in [6.45, 7) is 0.0313. The average Bonchev–Trinajstić information content (AvgIpc) is 3.27. The van der Waals surface area contributed by atoms with Gasteiger partial charge in [0.15, 0.2) is 17.2 Å². The van der Waals surface area contributed by atoms with Crippen LogP contribution < -0.4 is 14.2 Å². The fourth-order valence-electron chi connectivity index (χ4n) is 3.19. The first-order valence-electron chi connectivity index (χ1n) is 8.72. The van der Waals surface area contributed by atoms with Crippen LogP contribution in [-0.4, -0.2) is 28.8 Å². The van der Waals surface area contributed by atoms with Gasteiger partial charge in [-0.15, -0.1) is 0 Å². The number of fused-ring (bicyclic) bond motifs is 1. The molecular weight excluding hydrogens is 389 g/mol. The number of ether oxygens (including phenoxy) is 3. The zero-order chi connectivity index (χ0) is 20.6. The van der Waals surface area contributed by atoms with Gasteiger partial charge in [-0.25, -0.2) is 4.68 Å². The van der Waals surface area contributed by atoms with Gasteiger partial charge >= 0.3 is 6.18 Å². The normalized spacial score (nSPS) is 13.0. The molecule has 0 bridgehead atoms. The monoisotopic (exact) mass is 406 g/mol. The van der Waals surface area contributed by atoms with Crippen LogP contribution in [0.3, 0.4) is 0 Å². The lowest BCUT2D eigenvalue weighted by Crippen LogP contribution is -2.10. The second kappa shape index (κ2) is 7.23. The Kier molecular flexibility index (Phi) is 4.73. The van der Waals surface area contributed by atoms with Gasteiger partial charge in [0.2, 0.25) is 12.7 Å². The number of halogens is 3. The van der Waals surface area contributed by atoms with Gasteiger partial charge in [-0.1, -0.05) is 18.2 Å². The Bertz CT molecular complexity index is 1050. The Labute approximate surface area is 164 Å². The minimum atomic E-state index is -4.71. The lowest BCUT2D eigenvalue weighted by Gasteiger charge is -2.07. The molecule has 1 aromatic heterocycles. The summed E-state index contributed by atoms with van der Waals surface area (Å²) < 4.78 is 57.3. The van der Waals surface area contributed by atoms with E-state index in [1.54, 1.807) is 42.5 Å². The molecule has 0 amide bonds. The van der Waals surface area contributed by atoms with Gasteiger partial charge in [-0.2, -0.15) is 18.3 Å². The lowest BCUT2D eigenvalue weighted by atomic mass is 10.0. The summed E-state index contributed by atoms with van der Waals surface area (Å²) in [5, 5.41) is 14.2. The van der Waals surface area contributed by atoms with Gasteiger partial charge in [-0.05, 0) is 35.4 Å². The molecule has 0 atom stereocenters. The third kappa shape index (κ3) is 3.80. The first-order chi connectivity index (χ1) is 13.8. The number of nitrogens with zero attached hydrogens (tertiary/aromatic N) is 2. The predicted octanol–water partition coefficient (Wildman–Crippen LogP) is 3.98. The van der Waals surface area contributed by atoms with Crippen LogP contribution in [0.4, 0.5) is 13.2 Å². The van der Waals surface area contributed by atoms with E-state index in [1.165, 1.54) is 7.11 Å². The Morgan fingerprint density at radius 3 is 2.66 bits per heavy atom. The van der Waals surface area contributed by atoms with Gasteiger partial charge in [0.1, 0.15) is 5.75 Å². The summed E-state index contributed by atoms with van der Waals surface area (Å²) in [6, 6.07) is 11.7. The van der Waals surface area contributed by atoms with Gasteiger partial charge < -0.3 is 19.3 Å². The van der Waals surface area contributed by atoms with Crippen LogP contribution in [0.25, 0.3) is 0 Å². The standard InChI is InChI=1S/C20H17F3N2O4/c1-27-14-4-2-3-13(7-14)10-25-19(26)15(18(24-25)20(21,22)23)8-12-5-6-16-17(9-12)29-11-28-16/h2-7,9,26H,8,10-11H2,1H3. The number of hydrogen-bond acceptors (Lipinski definition) is 5. The van der Waals surface area contributed by atoms with E-state index >= 15 is 0 Å². The smallest absolute Gasteiger partial charge is 0.435 e. The SMILES string of the molecule is COc1cccc(Cn2nc(C(F)(F)F)c(Cc3ccc4c(c3)OCO4)c2O)c1. The first kappa shape index (κ1) is 19.0. The van der Waals surface area contributed by atoms with Crippen molar-refractivity contribution in [3.8, 4) is 23.1 Å². The molecule has 9 heteroatoms. The maximum atomic E-state index is 13.6. The van der Waals surface area contributed by atoms with Crippen LogP contribution in [0, 0.1) is 0 Å². The minimum Gasteiger partial charge on any atom is -0.497 e. The van der Waals surface area contributed by atoms with Crippen molar-refractivity contribution in [2.75, 3.05) is 13.9 Å². The maximum Gasteiger partial charge on any atom is 0.435 e. The van der Waals surface area contributed by atoms with Crippen molar-refractivity contribution >= 4 is 0 Å². The topological polar surface area (TPSA) is 65.7 Å². The molecule has 0 fully saturated rings. The summed E-state index contributed by atoms with van der Waals surface area (Å²) in [5.41, 5.74) is -0.226. The second-order valence-electron chi connectivity index (χ2n) is 6.52. The number of rotatable bonds is 5. The summed E-state index contributed by atoms with van der Waals surface area (Å²) >= 11 is 0. The minimum absolute atomic E-state index is 0.0345. The molecule has 1 aliphatic rings. The van der Waals surface area contributed by atoms with E-state index in [2.05, 4.69) is 5.10 Å². The van der Waals surface area contributed by atoms with E-state index < -0.39 is 17.8 Å². The zero-order valence-electron chi connectivity index (χ0n) is 15.4. The molecule has 152 valence electrons. The third-order valence-electron chi connectivity index (χ3n) is 4.57. The van der Waals surface area contributed by atoms with Crippen LogP contribution in [-0.2, 0) is 19.1 Å². The molecule has 0 saturated heterocycles. The van der Waals surface area contributed by atoms with Crippen LogP contribution in [0.1, 0.15) is 22.4 Å². The Morgan fingerprint density at radius 1 is 1.10 bits per heavy atom. The van der Waals surface area contributed by atoms with Crippen molar-refractivity contribution in [2.45, 2.75) is 19.1 Å². The molecule has 0 radical (unpaired) electrons. The predicted molar refractivity (Wildman–Crippen MR) is 96.4 cm³/mol. The van der Waals surface area contributed by atoms with Crippen LogP contribution in [0.15, 0.2) is 42.5 Å². The van der Waals surface area contributed by atoms with Crippen molar-refractivity contribution in [3.63, 3.8) is 0 Å². The van der Waals surface area contributed by atoms with Crippen LogP contribution in [0.5, 0.6) is 23.1 Å². The van der Waals surface area contributed by atoms with Gasteiger partial charge in [0.25, 0.3) is 0 Å². The molecule has 0 spiro atoms. The molecule has 0 unspecified atom stereocenters. The van der Waals surface area contributed by atoms with Crippen molar-refractivity contribution in [1.82, 2.24) is 9.78 Å². The second-order valence-corrected chi connectivity index (χ2v) is 6.52. The fraction of sp³-hybridized carbons (Fsp3) is 0.250. The first-order valence-corrected chi connectivity index (χ1v) is 8.72. The van der Waals surface area contributed by atoms with Crippen molar-refractivity contribution in [3.05, 3.63) is 64.8 Å². The Balaban J connectivity index is 1.69. The maximum absolute atomic E-state index is 13.6. The summed E-state index contributed by atoms with van der Waals surface area (Å²) in [6.07, 6.45) is -4.86. The molecule has 4 rings (SSSR count). The van der Waals surface area contributed by atoms with E-state index in [-0.39, 0.29) is 25.3 Å².